The molecular formula is C44H36F3N3. The first-order valence-electron chi connectivity index (χ1n) is 16.8. The van der Waals surface area contributed by atoms with Crippen LogP contribution in [0.25, 0.3) is 66.1 Å². The van der Waals surface area contributed by atoms with E-state index in [-0.39, 0.29) is 5.69 Å². The van der Waals surface area contributed by atoms with Gasteiger partial charge in [-0.3, -0.25) is 0 Å². The second-order valence-electron chi connectivity index (χ2n) is 12.8. The fourth-order valence-electron chi connectivity index (χ4n) is 7.16. The van der Waals surface area contributed by atoms with E-state index in [1.165, 1.54) is 6.07 Å². The lowest BCUT2D eigenvalue weighted by Gasteiger charge is -2.22. The van der Waals surface area contributed by atoms with Crippen LogP contribution in [0, 0.1) is 39.0 Å². The highest BCUT2D eigenvalue weighted by atomic mass is 19.4. The highest BCUT2D eigenvalue weighted by molar-refractivity contribution is 6.11. The highest BCUT2D eigenvalue weighted by Crippen LogP contribution is 2.45. The Morgan fingerprint density at radius 2 is 0.940 bits per heavy atom. The fourth-order valence-corrected chi connectivity index (χ4v) is 7.16. The first-order valence-corrected chi connectivity index (χ1v) is 16.8. The second kappa shape index (κ2) is 12.3. The maximum atomic E-state index is 15.6. The Morgan fingerprint density at radius 3 is 1.34 bits per heavy atom. The Hall–Kier alpha value is -5.80. The first-order chi connectivity index (χ1) is 24.0. The number of aromatic nitrogens is 2. The molecule has 2 heterocycles. The predicted octanol–water partition coefficient (Wildman–Crippen LogP) is 12.7. The Labute approximate surface area is 289 Å². The van der Waals surface area contributed by atoms with Crippen molar-refractivity contribution in [1.29, 1.82) is 5.26 Å². The molecular weight excluding hydrogens is 627 g/mol. The molecule has 0 spiro atoms. The summed E-state index contributed by atoms with van der Waals surface area (Å²) >= 11 is 0. The van der Waals surface area contributed by atoms with Crippen LogP contribution in [0.1, 0.15) is 47.2 Å². The third-order valence-electron chi connectivity index (χ3n) is 9.36. The number of nitrogens with zero attached hydrogens (tertiary/aromatic N) is 3. The molecule has 0 saturated carbocycles. The van der Waals surface area contributed by atoms with Crippen LogP contribution in [-0.2, 0) is 6.18 Å². The molecule has 248 valence electrons. The number of halogens is 3. The maximum Gasteiger partial charge on any atom is 0.418 e. The third-order valence-corrected chi connectivity index (χ3v) is 9.36. The molecule has 0 amide bonds. The van der Waals surface area contributed by atoms with Crippen LogP contribution in [-0.4, -0.2) is 9.13 Å². The number of alkyl halides is 3. The van der Waals surface area contributed by atoms with Crippen LogP contribution in [0.2, 0.25) is 0 Å². The summed E-state index contributed by atoms with van der Waals surface area (Å²) in [5.74, 6) is 0. The lowest BCUT2D eigenvalue weighted by atomic mass is 9.97. The molecule has 0 aliphatic heterocycles. The van der Waals surface area contributed by atoms with Crippen LogP contribution >= 0.6 is 0 Å². The van der Waals surface area contributed by atoms with E-state index in [0.29, 0.717) is 33.4 Å². The molecule has 0 N–H and O–H groups in total. The van der Waals surface area contributed by atoms with E-state index in [9.17, 15) is 5.26 Å². The van der Waals surface area contributed by atoms with Crippen LogP contribution in [0.15, 0.2) is 109 Å². The van der Waals surface area contributed by atoms with Crippen molar-refractivity contribution in [3.63, 3.8) is 0 Å². The molecule has 50 heavy (non-hydrogen) atoms. The zero-order chi connectivity index (χ0) is 35.5. The zero-order valence-electron chi connectivity index (χ0n) is 28.9. The molecule has 8 aromatic rings. The van der Waals surface area contributed by atoms with E-state index >= 15 is 13.2 Å². The smallest absolute Gasteiger partial charge is 0.309 e. The predicted molar refractivity (Wildman–Crippen MR) is 201 cm³/mol. The van der Waals surface area contributed by atoms with Crippen LogP contribution < -0.4 is 0 Å². The third kappa shape index (κ3) is 5.31. The van der Waals surface area contributed by atoms with Crippen LogP contribution in [0.5, 0.6) is 0 Å². The van der Waals surface area contributed by atoms with Crippen molar-refractivity contribution in [2.24, 2.45) is 0 Å². The Balaban J connectivity index is 0.00000193. The summed E-state index contributed by atoms with van der Waals surface area (Å²) in [6, 6.07) is 36.3. The van der Waals surface area contributed by atoms with Gasteiger partial charge < -0.3 is 9.13 Å². The van der Waals surface area contributed by atoms with Gasteiger partial charge in [0, 0.05) is 27.1 Å². The molecule has 0 aliphatic carbocycles. The van der Waals surface area contributed by atoms with E-state index in [1.807, 2.05) is 125 Å². The van der Waals surface area contributed by atoms with Gasteiger partial charge in [-0.2, -0.15) is 18.4 Å². The molecule has 0 atom stereocenters. The second-order valence-corrected chi connectivity index (χ2v) is 12.8. The molecule has 0 saturated heterocycles. The highest BCUT2D eigenvalue weighted by Gasteiger charge is 2.37. The SMILES string of the molecule is CC.Cc1ccc2c3ccc(C)cc3n(-c3cc(C(F)(F)F)c(-n4c5cc(C)ccc5c5ccc(C)cc54)cc3-c3cccc(C#N)c3)c2c1. The topological polar surface area (TPSA) is 33.6 Å². The Bertz CT molecular complexity index is 2550. The lowest BCUT2D eigenvalue weighted by Crippen LogP contribution is -2.13. The molecule has 0 fully saturated rings. The minimum atomic E-state index is -4.68. The van der Waals surface area contributed by atoms with Gasteiger partial charge in [0.05, 0.1) is 50.6 Å². The summed E-state index contributed by atoms with van der Waals surface area (Å²) in [6.07, 6.45) is -4.68. The first kappa shape index (κ1) is 32.7. The summed E-state index contributed by atoms with van der Waals surface area (Å²) in [4.78, 5) is 0. The van der Waals surface area contributed by atoms with Gasteiger partial charge in [0.25, 0.3) is 0 Å². The zero-order valence-corrected chi connectivity index (χ0v) is 28.9. The molecule has 6 aromatic carbocycles. The number of hydrogen-bond donors (Lipinski definition) is 0. The van der Waals surface area contributed by atoms with Gasteiger partial charge in [0.15, 0.2) is 0 Å². The molecule has 2 aromatic heterocycles. The van der Waals surface area contributed by atoms with E-state index in [0.717, 1.165) is 54.8 Å². The average molecular weight is 664 g/mol. The van der Waals surface area contributed by atoms with Crippen molar-refractivity contribution >= 4 is 43.6 Å². The lowest BCUT2D eigenvalue weighted by molar-refractivity contribution is -0.137. The van der Waals surface area contributed by atoms with Crippen LogP contribution in [0.4, 0.5) is 13.2 Å². The standard InChI is InChI=1S/C42H30F3N3.C2H6/c1-24-8-12-30-31-13-9-25(2)17-37(31)47(36(30)16-24)40-22-35(42(43,44)45)41(21-34(40)29-7-5-6-28(20-29)23-46)48-38-18-26(3)10-14-32(38)33-15-11-27(4)19-39(33)48;1-2/h5-22H,1-4H3;1-2H3. The Morgan fingerprint density at radius 1 is 0.520 bits per heavy atom. The summed E-state index contributed by atoms with van der Waals surface area (Å²) in [6.45, 7) is 11.9. The summed E-state index contributed by atoms with van der Waals surface area (Å²) < 4.78 is 50.4. The number of aryl methyl sites for hydroxylation is 4. The van der Waals surface area contributed by atoms with E-state index in [4.69, 9.17) is 0 Å². The van der Waals surface area contributed by atoms with Crippen molar-refractivity contribution in [2.75, 3.05) is 0 Å². The average Bonchev–Trinajstić information content (AvgIpc) is 3.58. The number of hydrogen-bond acceptors (Lipinski definition) is 1. The molecule has 0 radical (unpaired) electrons. The normalized spacial score (nSPS) is 11.7. The van der Waals surface area contributed by atoms with Gasteiger partial charge in [0.1, 0.15) is 0 Å². The minimum Gasteiger partial charge on any atom is -0.309 e. The van der Waals surface area contributed by atoms with Crippen molar-refractivity contribution in [3.05, 3.63) is 143 Å². The number of rotatable bonds is 3. The monoisotopic (exact) mass is 663 g/mol. The largest absolute Gasteiger partial charge is 0.418 e. The molecule has 3 nitrogen and oxygen atoms in total. The molecule has 0 bridgehead atoms. The number of benzene rings is 6. The maximum absolute atomic E-state index is 15.6. The quantitative estimate of drug-likeness (QED) is 0.185. The van der Waals surface area contributed by atoms with Gasteiger partial charge in [-0.05, 0) is 104 Å². The van der Waals surface area contributed by atoms with E-state index in [2.05, 4.69) is 6.07 Å². The van der Waals surface area contributed by atoms with Gasteiger partial charge in [0.2, 0.25) is 0 Å². The summed E-state index contributed by atoms with van der Waals surface area (Å²) in [7, 11) is 0. The minimum absolute atomic E-state index is 0.0351. The van der Waals surface area contributed by atoms with Gasteiger partial charge in [-0.15, -0.1) is 0 Å². The number of nitriles is 1. The van der Waals surface area contributed by atoms with E-state index < -0.39 is 11.7 Å². The van der Waals surface area contributed by atoms with Gasteiger partial charge in [-0.25, -0.2) is 0 Å². The van der Waals surface area contributed by atoms with Crippen molar-refractivity contribution in [2.45, 2.75) is 47.7 Å². The van der Waals surface area contributed by atoms with Gasteiger partial charge >= 0.3 is 6.18 Å². The van der Waals surface area contributed by atoms with Gasteiger partial charge in [-0.1, -0.05) is 74.5 Å². The van der Waals surface area contributed by atoms with E-state index in [1.54, 1.807) is 28.8 Å². The Kier molecular flexibility index (Phi) is 8.03. The van der Waals surface area contributed by atoms with Crippen LogP contribution in [0.3, 0.4) is 0 Å². The molecule has 0 aliphatic rings. The van der Waals surface area contributed by atoms with Crippen molar-refractivity contribution < 1.29 is 13.2 Å². The van der Waals surface area contributed by atoms with Crippen molar-refractivity contribution in [1.82, 2.24) is 9.13 Å². The fraction of sp³-hybridized carbons (Fsp3) is 0.159. The molecule has 6 heteroatoms. The summed E-state index contributed by atoms with van der Waals surface area (Å²) in [5, 5.41) is 13.5. The summed E-state index contributed by atoms with van der Waals surface area (Å²) in [5.41, 5.74) is 8.30. The molecule has 8 rings (SSSR count). The molecule has 0 unspecified atom stereocenters. The van der Waals surface area contributed by atoms with Crippen molar-refractivity contribution in [3.8, 4) is 28.6 Å². The number of fused-ring (bicyclic) bond motifs is 6.